The maximum Gasteiger partial charge on any atom is 0.303 e. The zero-order chi connectivity index (χ0) is 17.1. The van der Waals surface area contributed by atoms with Crippen molar-refractivity contribution in [2.45, 2.75) is 38.1 Å². The Bertz CT molecular complexity index is 796. The number of carboxylic acid groups (broad SMARTS) is 1. The summed E-state index contributed by atoms with van der Waals surface area (Å²) < 4.78 is 0. The van der Waals surface area contributed by atoms with Gasteiger partial charge in [0.25, 0.3) is 0 Å². The summed E-state index contributed by atoms with van der Waals surface area (Å²) in [6.45, 7) is 0.410. The van der Waals surface area contributed by atoms with Crippen molar-refractivity contribution in [3.05, 3.63) is 47.5 Å². The summed E-state index contributed by atoms with van der Waals surface area (Å²) in [6.07, 6.45) is 3.63. The van der Waals surface area contributed by atoms with Gasteiger partial charge in [-0.1, -0.05) is 36.4 Å². The van der Waals surface area contributed by atoms with E-state index >= 15 is 0 Å². The Kier molecular flexibility index (Phi) is 4.60. The van der Waals surface area contributed by atoms with Gasteiger partial charge in [0, 0.05) is 6.42 Å². The summed E-state index contributed by atoms with van der Waals surface area (Å²) in [7, 11) is 0. The van der Waals surface area contributed by atoms with Crippen LogP contribution >= 0.6 is 0 Å². The molecule has 3 N–H and O–H groups in total. The molecule has 0 bridgehead atoms. The predicted molar refractivity (Wildman–Crippen MR) is 94.8 cm³/mol. The van der Waals surface area contributed by atoms with E-state index in [0.29, 0.717) is 12.5 Å². The fourth-order valence-electron chi connectivity index (χ4n) is 3.04. The van der Waals surface area contributed by atoms with Crippen molar-refractivity contribution in [2.24, 2.45) is 0 Å². The molecule has 1 aliphatic rings. The van der Waals surface area contributed by atoms with Gasteiger partial charge in [0.15, 0.2) is 0 Å². The first kappa shape index (κ1) is 16.2. The Morgan fingerprint density at radius 2 is 1.88 bits per heavy atom. The van der Waals surface area contributed by atoms with Crippen LogP contribution in [0.2, 0.25) is 0 Å². The molecule has 24 heavy (non-hydrogen) atoms. The zero-order valence-corrected chi connectivity index (χ0v) is 13.5. The van der Waals surface area contributed by atoms with Gasteiger partial charge in [-0.05, 0) is 40.7 Å². The van der Waals surface area contributed by atoms with E-state index in [0.717, 1.165) is 17.3 Å². The van der Waals surface area contributed by atoms with Crippen LogP contribution in [0.1, 0.15) is 42.7 Å². The van der Waals surface area contributed by atoms with Gasteiger partial charge in [-0.2, -0.15) is 0 Å². The number of hydrogen-bond donors (Lipinski definition) is 3. The van der Waals surface area contributed by atoms with Gasteiger partial charge >= 0.3 is 5.97 Å². The maximum absolute atomic E-state index is 10.7. The molecule has 1 saturated carbocycles. The lowest BCUT2D eigenvalue weighted by Crippen LogP contribution is -2.28. The highest BCUT2D eigenvalue weighted by Crippen LogP contribution is 2.43. The van der Waals surface area contributed by atoms with Crippen molar-refractivity contribution >= 4 is 28.9 Å². The minimum absolute atomic E-state index is 0.0927. The molecule has 5 nitrogen and oxygen atoms in total. The first-order chi connectivity index (χ1) is 11.6. The van der Waals surface area contributed by atoms with Crippen LogP contribution in [0.4, 0.5) is 0 Å². The third-order valence-electron chi connectivity index (χ3n) is 4.48. The lowest BCUT2D eigenvalue weighted by molar-refractivity contribution is -0.136. The topological polar surface area (TPSA) is 88.2 Å². The molecular formula is C19H21N3O2. The summed E-state index contributed by atoms with van der Waals surface area (Å²) in [5, 5.41) is 26.8. The first-order valence-corrected chi connectivity index (χ1v) is 8.17. The van der Waals surface area contributed by atoms with Crippen molar-refractivity contribution < 1.29 is 9.90 Å². The summed E-state index contributed by atoms with van der Waals surface area (Å²) in [6, 6.07) is 12.5. The van der Waals surface area contributed by atoms with Crippen LogP contribution in [0.3, 0.4) is 0 Å². The maximum atomic E-state index is 10.7. The monoisotopic (exact) mass is 323 g/mol. The summed E-state index contributed by atoms with van der Waals surface area (Å²) in [5.41, 5.74) is 2.44. The number of fused-ring (bicyclic) bond motifs is 1. The van der Waals surface area contributed by atoms with E-state index in [1.54, 1.807) is 0 Å². The number of carbonyl (C=O) groups is 1. The normalized spacial score (nSPS) is 13.7. The van der Waals surface area contributed by atoms with Gasteiger partial charge in [-0.15, -0.1) is 0 Å². The van der Waals surface area contributed by atoms with Crippen LogP contribution in [0.5, 0.6) is 0 Å². The number of amidine groups is 1. The Balaban J connectivity index is 1.86. The molecule has 124 valence electrons. The summed E-state index contributed by atoms with van der Waals surface area (Å²) >= 11 is 0. The lowest BCUT2D eigenvalue weighted by Gasteiger charge is -2.21. The number of nitrogens with zero attached hydrogens (tertiary/aromatic N) is 1. The Morgan fingerprint density at radius 3 is 2.50 bits per heavy atom. The fraction of sp³-hybridized carbons (Fsp3) is 0.316. The lowest BCUT2D eigenvalue weighted by atomic mass is 9.96. The van der Waals surface area contributed by atoms with Gasteiger partial charge < -0.3 is 10.0 Å². The van der Waals surface area contributed by atoms with Crippen molar-refractivity contribution in [3.63, 3.8) is 0 Å². The van der Waals surface area contributed by atoms with Crippen molar-refractivity contribution in [3.8, 4) is 0 Å². The number of hydrogen-bond acceptors (Lipinski definition) is 3. The standard InChI is InChI=1S/C19H21N3O2/c20-12-22(18(21)9-10-19(23)24)11-14-7-8-16(13-5-6-13)17-4-2-1-3-15(14)17/h1-4,7-8,12-13,20-21H,5-6,9-11H2,(H,23,24). The van der Waals surface area contributed by atoms with E-state index in [-0.39, 0.29) is 18.7 Å². The largest absolute Gasteiger partial charge is 0.481 e. The van der Waals surface area contributed by atoms with E-state index in [4.69, 9.17) is 15.9 Å². The smallest absolute Gasteiger partial charge is 0.303 e. The minimum Gasteiger partial charge on any atom is -0.481 e. The van der Waals surface area contributed by atoms with E-state index in [2.05, 4.69) is 24.3 Å². The molecule has 1 fully saturated rings. The van der Waals surface area contributed by atoms with Crippen LogP contribution < -0.4 is 0 Å². The number of carboxylic acids is 1. The third kappa shape index (κ3) is 3.45. The zero-order valence-electron chi connectivity index (χ0n) is 13.5. The van der Waals surface area contributed by atoms with Crippen molar-refractivity contribution in [2.75, 3.05) is 0 Å². The Labute approximate surface area is 140 Å². The minimum atomic E-state index is -0.927. The van der Waals surface area contributed by atoms with Gasteiger partial charge in [0.1, 0.15) is 5.84 Å². The highest BCUT2D eigenvalue weighted by molar-refractivity contribution is 5.93. The molecule has 0 amide bonds. The van der Waals surface area contributed by atoms with Crippen LogP contribution in [-0.2, 0) is 11.3 Å². The van der Waals surface area contributed by atoms with Crippen molar-refractivity contribution in [1.82, 2.24) is 4.90 Å². The quantitative estimate of drug-likeness (QED) is 0.532. The summed E-state index contributed by atoms with van der Waals surface area (Å²) in [5.74, 6) is -0.108. The van der Waals surface area contributed by atoms with Gasteiger partial charge in [0.2, 0.25) is 0 Å². The first-order valence-electron chi connectivity index (χ1n) is 8.17. The fourth-order valence-corrected chi connectivity index (χ4v) is 3.04. The van der Waals surface area contributed by atoms with Crippen LogP contribution in [0, 0.1) is 10.8 Å². The third-order valence-corrected chi connectivity index (χ3v) is 4.48. The molecule has 0 aliphatic heterocycles. The molecule has 3 rings (SSSR count). The molecule has 0 spiro atoms. The molecule has 0 heterocycles. The number of nitrogens with one attached hydrogen (secondary N) is 2. The molecule has 5 heteroatoms. The Hall–Kier alpha value is -2.69. The van der Waals surface area contributed by atoms with E-state index in [1.807, 2.05) is 12.1 Å². The number of rotatable bonds is 7. The second kappa shape index (κ2) is 6.83. The SMILES string of the molecule is N=CN(Cc1ccc(C2CC2)c2ccccc12)C(=N)CCC(=O)O. The molecule has 0 aromatic heterocycles. The highest BCUT2D eigenvalue weighted by Gasteiger charge is 2.25. The van der Waals surface area contributed by atoms with Crippen LogP contribution in [0.15, 0.2) is 36.4 Å². The molecule has 2 aromatic rings. The van der Waals surface area contributed by atoms with E-state index < -0.39 is 5.97 Å². The van der Waals surface area contributed by atoms with Gasteiger partial charge in [-0.25, -0.2) is 0 Å². The molecule has 0 unspecified atom stereocenters. The van der Waals surface area contributed by atoms with E-state index in [1.165, 1.54) is 28.7 Å². The summed E-state index contributed by atoms with van der Waals surface area (Å²) in [4.78, 5) is 12.2. The molecule has 2 aromatic carbocycles. The van der Waals surface area contributed by atoms with Crippen LogP contribution in [0.25, 0.3) is 10.8 Å². The molecule has 0 saturated heterocycles. The number of benzene rings is 2. The number of aliphatic carboxylic acids is 1. The second-order valence-corrected chi connectivity index (χ2v) is 6.23. The average Bonchev–Trinajstić information content (AvgIpc) is 3.42. The molecular weight excluding hydrogens is 302 g/mol. The van der Waals surface area contributed by atoms with Gasteiger partial charge in [-0.3, -0.25) is 15.6 Å². The molecule has 0 atom stereocenters. The van der Waals surface area contributed by atoms with E-state index in [9.17, 15) is 4.79 Å². The molecule has 1 aliphatic carbocycles. The van der Waals surface area contributed by atoms with Gasteiger partial charge in [0.05, 0.1) is 19.3 Å². The Morgan fingerprint density at radius 1 is 1.17 bits per heavy atom. The van der Waals surface area contributed by atoms with Crippen LogP contribution in [-0.4, -0.2) is 28.1 Å². The predicted octanol–water partition coefficient (Wildman–Crippen LogP) is 3.97. The average molecular weight is 323 g/mol. The van der Waals surface area contributed by atoms with Crippen molar-refractivity contribution in [1.29, 1.82) is 10.8 Å². The molecule has 0 radical (unpaired) electrons. The highest BCUT2D eigenvalue weighted by atomic mass is 16.4. The second-order valence-electron chi connectivity index (χ2n) is 6.23.